The van der Waals surface area contributed by atoms with Gasteiger partial charge >= 0.3 is 6.09 Å². The summed E-state index contributed by atoms with van der Waals surface area (Å²) in [6.45, 7) is 9.85. The lowest BCUT2D eigenvalue weighted by atomic mass is 9.78. The molecule has 12 nitrogen and oxygen atoms in total. The number of likely N-dealkylation sites (tertiary alicyclic amines) is 1. The average Bonchev–Trinajstić information content (AvgIpc) is 3.58. The van der Waals surface area contributed by atoms with Crippen molar-refractivity contribution in [2.45, 2.75) is 69.6 Å². The summed E-state index contributed by atoms with van der Waals surface area (Å²) in [5.41, 5.74) is 6.34. The highest BCUT2D eigenvalue weighted by molar-refractivity contribution is 9.10. The van der Waals surface area contributed by atoms with Crippen molar-refractivity contribution in [1.29, 1.82) is 0 Å². The number of nitrogen functional groups attached to an aromatic ring is 1. The van der Waals surface area contributed by atoms with Crippen molar-refractivity contribution >= 4 is 45.5 Å². The summed E-state index contributed by atoms with van der Waals surface area (Å²) in [4.78, 5) is 41.2. The molecule has 1 fully saturated rings. The highest BCUT2D eigenvalue weighted by Crippen LogP contribution is 2.43. The van der Waals surface area contributed by atoms with Gasteiger partial charge in [0.1, 0.15) is 0 Å². The molecule has 226 valence electrons. The van der Waals surface area contributed by atoms with E-state index in [1.54, 1.807) is 6.33 Å². The smallest absolute Gasteiger partial charge is 0.404 e. The van der Waals surface area contributed by atoms with E-state index in [2.05, 4.69) is 31.2 Å². The fourth-order valence-electron chi connectivity index (χ4n) is 5.64. The van der Waals surface area contributed by atoms with Crippen molar-refractivity contribution in [2.24, 2.45) is 17.3 Å². The number of nitrogens with two attached hydrogens (primary N) is 1. The van der Waals surface area contributed by atoms with Crippen LogP contribution in [-0.2, 0) is 11.3 Å². The Balaban J connectivity index is 1.20. The molecule has 4 N–H and O–H groups in total. The number of carbonyl (C=O) groups excluding carboxylic acids is 1. The molecule has 4 aliphatic rings. The molecule has 4 aliphatic heterocycles. The molecule has 0 spiro atoms. The Labute approximate surface area is 257 Å². The molecule has 14 heteroatoms. The maximum absolute atomic E-state index is 13.3. The number of ether oxygens (including phenoxy) is 2. The predicted molar refractivity (Wildman–Crippen MR) is 161 cm³/mol. The number of carbonyl (C=O) groups is 2. The molecule has 42 heavy (non-hydrogen) atoms. The molecule has 1 unspecified atom stereocenters. The number of hydrogen-bond donors (Lipinski definition) is 3. The highest BCUT2D eigenvalue weighted by atomic mass is 79.9. The monoisotopic (exact) mass is 661 g/mol. The van der Waals surface area contributed by atoms with Crippen LogP contribution >= 0.6 is 27.7 Å². The molecule has 0 aromatic heterocycles. The van der Waals surface area contributed by atoms with E-state index in [1.807, 2.05) is 49.3 Å². The van der Waals surface area contributed by atoms with Gasteiger partial charge in [0.15, 0.2) is 34.0 Å². The van der Waals surface area contributed by atoms with E-state index >= 15 is 0 Å². The summed E-state index contributed by atoms with van der Waals surface area (Å²) in [5, 5.41) is 12.4. The molecular weight excluding hydrogens is 626 g/mol. The predicted octanol–water partition coefficient (Wildman–Crippen LogP) is 4.95. The number of hydrogen-bond acceptors (Lipinski definition) is 9. The van der Waals surface area contributed by atoms with Gasteiger partial charge in [-0.25, -0.2) is 19.7 Å². The lowest BCUT2D eigenvalue weighted by molar-refractivity contribution is -0.138. The Hall–Kier alpha value is -3.26. The average molecular weight is 663 g/mol. The van der Waals surface area contributed by atoms with Crippen LogP contribution in [0, 0.1) is 17.3 Å². The first-order valence-electron chi connectivity index (χ1n) is 13.9. The molecule has 1 aromatic rings. The number of rotatable bonds is 8. The highest BCUT2D eigenvalue weighted by Gasteiger charge is 2.37. The van der Waals surface area contributed by atoms with E-state index in [0.29, 0.717) is 59.5 Å². The third-order valence-electron chi connectivity index (χ3n) is 7.91. The number of benzene rings is 1. The number of nitrogens with one attached hydrogen (secondary N) is 1. The number of amides is 2. The van der Waals surface area contributed by atoms with Crippen LogP contribution in [0.5, 0.6) is 11.5 Å². The van der Waals surface area contributed by atoms with Gasteiger partial charge in [0.05, 0.1) is 12.2 Å². The van der Waals surface area contributed by atoms with Gasteiger partial charge < -0.3 is 35.1 Å². The molecule has 0 aliphatic carbocycles. The lowest BCUT2D eigenvalue weighted by Crippen LogP contribution is -2.53. The second kappa shape index (κ2) is 12.2. The molecule has 0 bridgehead atoms. The number of piperidine rings is 1. The fraction of sp³-hybridized carbons (Fsp3) is 0.536. The van der Waals surface area contributed by atoms with Crippen LogP contribution in [0.25, 0.3) is 11.5 Å². The zero-order valence-corrected chi connectivity index (χ0v) is 26.5. The largest absolute Gasteiger partial charge is 0.465 e. The number of nitrogens with zero attached hydrogens (tertiary/aromatic N) is 5. The Morgan fingerprint density at radius 2 is 1.90 bits per heavy atom. The standard InChI is InChI=1S/C28H36BrN7O5S/c1-15(22(28(2,3)4)33-27(38)39)25(37)35-8-5-16(6-9-35)7-10-36-13-31-23(30)21-24(36)34-26(32-21)42-20-12-19-18(11-17(20)29)40-14-41-19/h11-13,15-16,22,33H,5-10,14,30H2,1-4H3,(H,38,39)/t15-,22?/m1/s1. The number of imidazole rings is 1. The lowest BCUT2D eigenvalue weighted by Gasteiger charge is -2.39. The normalized spacial score (nSPS) is 16.9. The summed E-state index contributed by atoms with van der Waals surface area (Å²) >= 11 is 4.99. The molecule has 0 radical (unpaired) electrons. The Morgan fingerprint density at radius 3 is 2.57 bits per heavy atom. The van der Waals surface area contributed by atoms with E-state index in [-0.39, 0.29) is 18.1 Å². The number of halogens is 1. The minimum Gasteiger partial charge on any atom is -0.465 e. The minimum atomic E-state index is -1.11. The van der Waals surface area contributed by atoms with Crippen molar-refractivity contribution in [1.82, 2.24) is 29.7 Å². The number of anilines is 1. The Morgan fingerprint density at radius 1 is 1.21 bits per heavy atom. The van der Waals surface area contributed by atoms with Crippen molar-refractivity contribution < 1.29 is 24.2 Å². The van der Waals surface area contributed by atoms with Crippen LogP contribution in [-0.4, -0.2) is 67.5 Å². The summed E-state index contributed by atoms with van der Waals surface area (Å²) in [6.07, 6.45) is 3.25. The van der Waals surface area contributed by atoms with Crippen molar-refractivity contribution in [2.75, 3.05) is 25.6 Å². The molecule has 5 rings (SSSR count). The molecule has 1 saturated heterocycles. The summed E-state index contributed by atoms with van der Waals surface area (Å²) in [5.74, 6) is 2.36. The first kappa shape index (κ1) is 30.2. The van der Waals surface area contributed by atoms with Crippen LogP contribution in [0.3, 0.4) is 0 Å². The summed E-state index contributed by atoms with van der Waals surface area (Å²) < 4.78 is 13.8. The second-order valence-electron chi connectivity index (χ2n) is 11.9. The van der Waals surface area contributed by atoms with Gasteiger partial charge in [-0.2, -0.15) is 0 Å². The van der Waals surface area contributed by atoms with E-state index in [9.17, 15) is 14.7 Å². The topological polar surface area (TPSA) is 158 Å². The summed E-state index contributed by atoms with van der Waals surface area (Å²) in [7, 11) is 0. The zero-order valence-electron chi connectivity index (χ0n) is 24.1. The van der Waals surface area contributed by atoms with Gasteiger partial charge in [0.25, 0.3) is 0 Å². The Kier molecular flexibility index (Phi) is 8.74. The third-order valence-corrected chi connectivity index (χ3v) is 9.75. The maximum Gasteiger partial charge on any atom is 0.404 e. The second-order valence-corrected chi connectivity index (χ2v) is 13.7. The van der Waals surface area contributed by atoms with Crippen molar-refractivity contribution in [3.8, 4) is 23.0 Å². The number of fused-ring (bicyclic) bond motifs is 2. The molecule has 1 aromatic carbocycles. The maximum atomic E-state index is 13.3. The molecule has 4 heterocycles. The van der Waals surface area contributed by atoms with Gasteiger partial charge in [-0.3, -0.25) is 4.79 Å². The van der Waals surface area contributed by atoms with Crippen molar-refractivity contribution in [3.63, 3.8) is 0 Å². The van der Waals surface area contributed by atoms with Crippen LogP contribution < -0.4 is 20.5 Å². The van der Waals surface area contributed by atoms with E-state index in [0.717, 1.165) is 28.6 Å². The van der Waals surface area contributed by atoms with Crippen molar-refractivity contribution in [3.05, 3.63) is 22.9 Å². The van der Waals surface area contributed by atoms with Gasteiger partial charge in [-0.05, 0) is 70.4 Å². The van der Waals surface area contributed by atoms with Gasteiger partial charge in [-0.1, -0.05) is 27.7 Å². The number of carboxylic acid groups (broad SMARTS) is 1. The van der Waals surface area contributed by atoms with Crippen LogP contribution in [0.15, 0.2) is 33.0 Å². The minimum absolute atomic E-state index is 0.00729. The van der Waals surface area contributed by atoms with Gasteiger partial charge in [0.2, 0.25) is 12.7 Å². The van der Waals surface area contributed by atoms with Gasteiger partial charge in [0, 0.05) is 35.0 Å². The quantitative estimate of drug-likeness (QED) is 0.302. The number of aryl methyl sites for hydroxylation is 1. The first-order valence-corrected chi connectivity index (χ1v) is 15.5. The van der Waals surface area contributed by atoms with Crippen LogP contribution in [0.2, 0.25) is 0 Å². The van der Waals surface area contributed by atoms with Gasteiger partial charge in [-0.15, -0.1) is 0 Å². The molecule has 2 amide bonds. The first-order chi connectivity index (χ1) is 19.9. The van der Waals surface area contributed by atoms with E-state index < -0.39 is 18.1 Å². The Bertz CT molecular complexity index is 1440. The van der Waals surface area contributed by atoms with E-state index in [1.165, 1.54) is 11.8 Å². The summed E-state index contributed by atoms with van der Waals surface area (Å²) in [6, 6.07) is 3.30. The fourth-order valence-corrected chi connectivity index (χ4v) is 6.99. The van der Waals surface area contributed by atoms with Crippen LogP contribution in [0.4, 0.5) is 10.6 Å². The SMILES string of the molecule is C[C@@H](C(=O)N1CCC(CCn2cnc(N)c3nc(Sc4cc5c(cc4Br)OCO5)nc2-3)CC1)C(NC(=O)O)C(C)(C)C. The van der Waals surface area contributed by atoms with Crippen LogP contribution in [0.1, 0.15) is 47.0 Å². The van der Waals surface area contributed by atoms with E-state index in [4.69, 9.17) is 20.2 Å². The zero-order chi connectivity index (χ0) is 30.2. The third kappa shape index (κ3) is 6.54. The molecule has 2 atom stereocenters. The molecular formula is C28H36BrN7O5S. The molecule has 0 saturated carbocycles. The number of aromatic nitrogens is 4.